The Kier molecular flexibility index (Phi) is 3.14. The fraction of sp³-hybridized carbons (Fsp3) is 0.400. The lowest BCUT2D eigenvalue weighted by atomic mass is 9.90. The van der Waals surface area contributed by atoms with E-state index in [0.29, 0.717) is 12.4 Å². The van der Waals surface area contributed by atoms with Crippen molar-refractivity contribution in [2.75, 3.05) is 25.6 Å². The van der Waals surface area contributed by atoms with E-state index in [9.17, 15) is 0 Å². The van der Waals surface area contributed by atoms with E-state index in [1.807, 2.05) is 31.3 Å². The highest BCUT2D eigenvalue weighted by Gasteiger charge is 2.34. The summed E-state index contributed by atoms with van der Waals surface area (Å²) in [7, 11) is 1.83. The molecule has 1 aromatic heterocycles. The molecule has 2 N–H and O–H groups in total. The molecule has 20 heavy (non-hydrogen) atoms. The van der Waals surface area contributed by atoms with Crippen LogP contribution in [0, 0.1) is 5.41 Å². The minimum atomic E-state index is 0.119. The summed E-state index contributed by atoms with van der Waals surface area (Å²) < 4.78 is 12.9. The third-order valence-corrected chi connectivity index (χ3v) is 3.64. The summed E-state index contributed by atoms with van der Waals surface area (Å²) in [6.45, 7) is 4.32. The number of nitrogen functional groups attached to an aromatic ring is 1. The topological polar surface area (TPSA) is 62.3 Å². The number of nitrogens with zero attached hydrogens (tertiary/aromatic N) is 2. The second-order valence-corrected chi connectivity index (χ2v) is 5.66. The van der Waals surface area contributed by atoms with Gasteiger partial charge in [-0.15, -0.1) is 0 Å². The monoisotopic (exact) mass is 273 g/mol. The van der Waals surface area contributed by atoms with Crippen molar-refractivity contribution in [3.8, 4) is 16.9 Å². The number of para-hydroxylation sites is 1. The van der Waals surface area contributed by atoms with Crippen LogP contribution in [-0.2, 0) is 11.8 Å². The fourth-order valence-corrected chi connectivity index (χ4v) is 2.26. The second kappa shape index (κ2) is 4.83. The first kappa shape index (κ1) is 13.0. The standard InChI is InChI=1S/C15H19N3O2/c1-15(8-19-9-15)10-20-13-6-4-3-5-11(13)12-7-17-18(2)14(12)16/h3-7H,8-10,16H2,1-2H3. The van der Waals surface area contributed by atoms with Gasteiger partial charge in [0.1, 0.15) is 11.6 Å². The highest BCUT2D eigenvalue weighted by Crippen LogP contribution is 2.35. The maximum atomic E-state index is 6.05. The maximum absolute atomic E-state index is 6.05. The van der Waals surface area contributed by atoms with Crippen molar-refractivity contribution < 1.29 is 9.47 Å². The number of benzene rings is 1. The molecule has 0 spiro atoms. The van der Waals surface area contributed by atoms with Gasteiger partial charge in [-0.2, -0.15) is 5.10 Å². The third-order valence-electron chi connectivity index (χ3n) is 3.64. The van der Waals surface area contributed by atoms with E-state index in [2.05, 4.69) is 12.0 Å². The molecule has 1 saturated heterocycles. The van der Waals surface area contributed by atoms with E-state index < -0.39 is 0 Å². The number of aromatic nitrogens is 2. The second-order valence-electron chi connectivity index (χ2n) is 5.66. The molecule has 5 nitrogen and oxygen atoms in total. The fourth-order valence-electron chi connectivity index (χ4n) is 2.26. The Morgan fingerprint density at radius 2 is 2.10 bits per heavy atom. The van der Waals surface area contributed by atoms with Crippen molar-refractivity contribution in [2.24, 2.45) is 12.5 Å². The Bertz CT molecular complexity index is 617. The van der Waals surface area contributed by atoms with E-state index in [4.69, 9.17) is 15.2 Å². The lowest BCUT2D eigenvalue weighted by Crippen LogP contribution is -2.44. The molecule has 0 amide bonds. The van der Waals surface area contributed by atoms with Crippen molar-refractivity contribution >= 4 is 5.82 Å². The Labute approximate surface area is 118 Å². The molecule has 0 unspecified atom stereocenters. The van der Waals surface area contributed by atoms with Gasteiger partial charge in [0, 0.05) is 23.6 Å². The Balaban J connectivity index is 1.86. The number of ether oxygens (including phenoxy) is 2. The van der Waals surface area contributed by atoms with Gasteiger partial charge in [-0.3, -0.25) is 4.68 Å². The van der Waals surface area contributed by atoms with Gasteiger partial charge in [0.2, 0.25) is 0 Å². The van der Waals surface area contributed by atoms with E-state index in [1.165, 1.54) is 0 Å². The molecule has 3 rings (SSSR count). The van der Waals surface area contributed by atoms with Crippen LogP contribution in [0.4, 0.5) is 5.82 Å². The van der Waals surface area contributed by atoms with Crippen LogP contribution in [0.1, 0.15) is 6.92 Å². The number of aryl methyl sites for hydroxylation is 1. The lowest BCUT2D eigenvalue weighted by molar-refractivity contribution is -0.120. The quantitative estimate of drug-likeness (QED) is 0.926. The Morgan fingerprint density at radius 1 is 1.35 bits per heavy atom. The van der Waals surface area contributed by atoms with Gasteiger partial charge in [0.15, 0.2) is 0 Å². The number of hydrogen-bond acceptors (Lipinski definition) is 4. The Hall–Kier alpha value is -2.01. The summed E-state index contributed by atoms with van der Waals surface area (Å²) in [5.41, 5.74) is 8.04. The Morgan fingerprint density at radius 3 is 2.70 bits per heavy atom. The van der Waals surface area contributed by atoms with Crippen molar-refractivity contribution in [3.63, 3.8) is 0 Å². The highest BCUT2D eigenvalue weighted by molar-refractivity contribution is 5.78. The summed E-state index contributed by atoms with van der Waals surface area (Å²) >= 11 is 0. The number of hydrogen-bond donors (Lipinski definition) is 1. The van der Waals surface area contributed by atoms with Crippen LogP contribution in [0.3, 0.4) is 0 Å². The molecule has 2 heterocycles. The molecule has 0 saturated carbocycles. The third kappa shape index (κ3) is 2.25. The average molecular weight is 273 g/mol. The van der Waals surface area contributed by atoms with Crippen LogP contribution in [-0.4, -0.2) is 29.6 Å². The number of nitrogens with two attached hydrogens (primary N) is 1. The normalized spacial score (nSPS) is 16.7. The molecule has 0 atom stereocenters. The molecule has 1 aliphatic rings. The van der Waals surface area contributed by atoms with Crippen LogP contribution >= 0.6 is 0 Å². The predicted molar refractivity (Wildman–Crippen MR) is 77.5 cm³/mol. The van der Waals surface area contributed by atoms with Gasteiger partial charge in [0.05, 0.1) is 26.0 Å². The molecule has 2 aromatic rings. The molecule has 0 radical (unpaired) electrons. The number of anilines is 1. The maximum Gasteiger partial charge on any atom is 0.129 e. The van der Waals surface area contributed by atoms with Crippen LogP contribution in [0.2, 0.25) is 0 Å². The zero-order valence-electron chi connectivity index (χ0n) is 11.8. The predicted octanol–water partition coefficient (Wildman–Crippen LogP) is 2.08. The smallest absolute Gasteiger partial charge is 0.129 e. The molecule has 1 aliphatic heterocycles. The first-order chi connectivity index (χ1) is 9.59. The van der Waals surface area contributed by atoms with Gasteiger partial charge in [-0.05, 0) is 6.07 Å². The van der Waals surface area contributed by atoms with E-state index in [1.54, 1.807) is 10.9 Å². The zero-order valence-corrected chi connectivity index (χ0v) is 11.8. The van der Waals surface area contributed by atoms with Crippen LogP contribution in [0.15, 0.2) is 30.5 Å². The molecule has 106 valence electrons. The molecule has 0 aliphatic carbocycles. The molecule has 1 aromatic carbocycles. The largest absolute Gasteiger partial charge is 0.492 e. The first-order valence-electron chi connectivity index (χ1n) is 6.66. The molecule has 0 bridgehead atoms. The minimum absolute atomic E-state index is 0.119. The van der Waals surface area contributed by atoms with Gasteiger partial charge in [-0.25, -0.2) is 0 Å². The first-order valence-corrected chi connectivity index (χ1v) is 6.66. The molecule has 5 heteroatoms. The minimum Gasteiger partial charge on any atom is -0.492 e. The molecular weight excluding hydrogens is 254 g/mol. The summed E-state index contributed by atoms with van der Waals surface area (Å²) in [6, 6.07) is 7.90. The average Bonchev–Trinajstić information content (AvgIpc) is 2.75. The highest BCUT2D eigenvalue weighted by atomic mass is 16.5. The van der Waals surface area contributed by atoms with Crippen molar-refractivity contribution in [1.29, 1.82) is 0 Å². The van der Waals surface area contributed by atoms with E-state index in [-0.39, 0.29) is 5.41 Å². The summed E-state index contributed by atoms with van der Waals surface area (Å²) in [6.07, 6.45) is 1.77. The SMILES string of the molecule is Cn1ncc(-c2ccccc2OCC2(C)COC2)c1N. The molecule has 1 fully saturated rings. The lowest BCUT2D eigenvalue weighted by Gasteiger charge is -2.37. The summed E-state index contributed by atoms with van der Waals surface area (Å²) in [5, 5.41) is 4.19. The van der Waals surface area contributed by atoms with Gasteiger partial charge >= 0.3 is 0 Å². The van der Waals surface area contributed by atoms with Gasteiger partial charge in [-0.1, -0.05) is 25.1 Å². The summed E-state index contributed by atoms with van der Waals surface area (Å²) in [5.74, 6) is 1.47. The molecular formula is C15H19N3O2. The van der Waals surface area contributed by atoms with Crippen LogP contribution < -0.4 is 10.5 Å². The van der Waals surface area contributed by atoms with E-state index >= 15 is 0 Å². The van der Waals surface area contributed by atoms with Crippen molar-refractivity contribution in [1.82, 2.24) is 9.78 Å². The van der Waals surface area contributed by atoms with Crippen molar-refractivity contribution in [2.45, 2.75) is 6.92 Å². The summed E-state index contributed by atoms with van der Waals surface area (Å²) in [4.78, 5) is 0. The van der Waals surface area contributed by atoms with Crippen molar-refractivity contribution in [3.05, 3.63) is 30.5 Å². The zero-order chi connectivity index (χ0) is 14.2. The van der Waals surface area contributed by atoms with Gasteiger partial charge in [0.25, 0.3) is 0 Å². The van der Waals surface area contributed by atoms with E-state index in [0.717, 1.165) is 30.1 Å². The number of rotatable bonds is 4. The van der Waals surface area contributed by atoms with Crippen LogP contribution in [0.25, 0.3) is 11.1 Å². The van der Waals surface area contributed by atoms with Gasteiger partial charge < -0.3 is 15.2 Å². The van der Waals surface area contributed by atoms with Crippen LogP contribution in [0.5, 0.6) is 5.75 Å².